The molecule has 16 N–H and O–H groups in total. The Kier molecular flexibility index (Phi) is 23.3. The van der Waals surface area contributed by atoms with Gasteiger partial charge in [-0.1, -0.05) is 12.2 Å². The molecule has 0 aliphatic carbocycles. The maximum absolute atomic E-state index is 14.0. The number of aromatic nitrogens is 9. The lowest BCUT2D eigenvalue weighted by atomic mass is 10.1. The van der Waals surface area contributed by atoms with Crippen LogP contribution in [0, 0.1) is 13.8 Å². The minimum absolute atomic E-state index is 0.0167. The maximum atomic E-state index is 14.0. The van der Waals surface area contributed by atoms with Crippen LogP contribution in [0.3, 0.4) is 0 Å². The van der Waals surface area contributed by atoms with Crippen molar-refractivity contribution in [2.45, 2.75) is 104 Å². The van der Waals surface area contributed by atoms with Crippen LogP contribution in [0.15, 0.2) is 59.7 Å². The Morgan fingerprint density at radius 2 is 1.33 bits per heavy atom. The summed E-state index contributed by atoms with van der Waals surface area (Å²) in [6.45, 7) is 7.96. The fourth-order valence-corrected chi connectivity index (χ4v) is 9.94. The summed E-state index contributed by atoms with van der Waals surface area (Å²) in [5.41, 5.74) is 26.5. The Labute approximate surface area is 524 Å². The number of hydrogen-bond acceptors (Lipinski definition) is 19. The molecule has 0 unspecified atom stereocenters. The monoisotopic (exact) mass is 1270 g/mol. The van der Waals surface area contributed by atoms with E-state index in [2.05, 4.69) is 47.1 Å². The zero-order chi connectivity index (χ0) is 66.9. The molecule has 0 spiro atoms. The molecule has 0 saturated carbocycles. The lowest BCUT2D eigenvalue weighted by molar-refractivity contribution is -0.143. The van der Waals surface area contributed by atoms with E-state index in [1.165, 1.54) is 26.3 Å². The smallest absolute Gasteiger partial charge is 0.407 e. The van der Waals surface area contributed by atoms with Crippen molar-refractivity contribution in [1.29, 1.82) is 0 Å². The standard InChI is InChI=1S/C58H74N20O14/c1-7-77-40(21-30(3)73-77)50-67-29-35-34-23-32(48(59)83)25-42(90-6)46(34)75(51(35)71-50)17-9-10-18-76-47-37(70-57(76)72-55(88)41-22-31(4)74-78(41)8-2)24-33(49(60)84)26-43(47)91-19-12-15-66-58(89)92-20-16-64-52(85)38(27-44(79)80)68-54(87)39(28-45(81)82)69-53(86)36(63-5)13-11-14-65-56(61)62/h9-10,21-26,29,36,38-39,63H,7-8,11-20,27-28H2,1-6H3,(H2,59,83)(H2,60,84)(H,64,85)(H,66,89)(H,68,87)(H,69,86)(H,79,80)(H,81,82)(H4,61,62,65)(H,70,72,88)/b10-9+/t36-,38-,39-/m0/s1. The van der Waals surface area contributed by atoms with Gasteiger partial charge in [0.05, 0.1) is 61.6 Å². The van der Waals surface area contributed by atoms with E-state index in [4.69, 9.17) is 52.1 Å². The Morgan fingerprint density at radius 1 is 0.696 bits per heavy atom. The number of carboxylic acid groups (broad SMARTS) is 2. The molecule has 490 valence electrons. The van der Waals surface area contributed by atoms with Gasteiger partial charge < -0.3 is 83.1 Å². The maximum Gasteiger partial charge on any atom is 0.407 e. The van der Waals surface area contributed by atoms with Gasteiger partial charge in [-0.2, -0.15) is 10.2 Å². The van der Waals surface area contributed by atoms with Crippen molar-refractivity contribution in [2.24, 2.45) is 27.9 Å². The van der Waals surface area contributed by atoms with Crippen molar-refractivity contribution < 1.29 is 67.6 Å². The van der Waals surface area contributed by atoms with E-state index in [-0.39, 0.29) is 92.2 Å². The normalized spacial score (nSPS) is 12.3. The first-order chi connectivity index (χ1) is 43.9. The zero-order valence-electron chi connectivity index (χ0n) is 51.4. The minimum Gasteiger partial charge on any atom is -0.495 e. The van der Waals surface area contributed by atoms with Crippen LogP contribution in [-0.4, -0.2) is 178 Å². The molecule has 0 fully saturated rings. The Balaban J connectivity index is 1.04. The van der Waals surface area contributed by atoms with Gasteiger partial charge in [0.1, 0.15) is 52.7 Å². The highest BCUT2D eigenvalue weighted by atomic mass is 16.5. The highest BCUT2D eigenvalue weighted by molar-refractivity contribution is 6.12. The summed E-state index contributed by atoms with van der Waals surface area (Å²) in [6, 6.07) is 5.27. The van der Waals surface area contributed by atoms with Crippen LogP contribution in [0.25, 0.3) is 44.5 Å². The van der Waals surface area contributed by atoms with Crippen molar-refractivity contribution in [3.8, 4) is 23.0 Å². The molecule has 5 heterocycles. The largest absolute Gasteiger partial charge is 0.495 e. The summed E-state index contributed by atoms with van der Waals surface area (Å²) in [7, 11) is 2.94. The number of ether oxygens (including phenoxy) is 3. The van der Waals surface area contributed by atoms with Crippen molar-refractivity contribution in [2.75, 3.05) is 52.3 Å². The number of amides is 7. The van der Waals surface area contributed by atoms with Gasteiger partial charge >= 0.3 is 18.0 Å². The number of methoxy groups -OCH3 is 1. The first-order valence-corrected chi connectivity index (χ1v) is 29.1. The molecule has 0 aliphatic heterocycles. The minimum atomic E-state index is -1.74. The number of likely N-dealkylation sites (N-methyl/N-ethyl adjacent to an activating group) is 1. The van der Waals surface area contributed by atoms with E-state index >= 15 is 0 Å². The molecule has 0 radical (unpaired) electrons. The van der Waals surface area contributed by atoms with Crippen LogP contribution in [0.5, 0.6) is 11.5 Å². The Morgan fingerprint density at radius 3 is 1.97 bits per heavy atom. The summed E-state index contributed by atoms with van der Waals surface area (Å²) in [5.74, 6) is -7.07. The van der Waals surface area contributed by atoms with E-state index < -0.39 is 91.0 Å². The number of nitrogens with one attached hydrogen (secondary N) is 6. The molecule has 34 heteroatoms. The van der Waals surface area contributed by atoms with Crippen molar-refractivity contribution in [3.05, 3.63) is 83.0 Å². The number of anilines is 1. The third kappa shape index (κ3) is 17.1. The van der Waals surface area contributed by atoms with Crippen LogP contribution in [0.4, 0.5) is 10.7 Å². The van der Waals surface area contributed by atoms with Crippen molar-refractivity contribution in [3.63, 3.8) is 0 Å². The average molecular weight is 1280 g/mol. The van der Waals surface area contributed by atoms with Crippen molar-refractivity contribution >= 4 is 98.4 Å². The van der Waals surface area contributed by atoms with Gasteiger partial charge in [-0.3, -0.25) is 58.0 Å². The van der Waals surface area contributed by atoms with Gasteiger partial charge in [-0.25, -0.2) is 19.7 Å². The molecule has 0 saturated heterocycles. The molecule has 3 atom stereocenters. The second-order valence-electron chi connectivity index (χ2n) is 20.8. The molecule has 34 nitrogen and oxygen atoms in total. The van der Waals surface area contributed by atoms with E-state index in [1.807, 2.05) is 43.6 Å². The van der Waals surface area contributed by atoms with Gasteiger partial charge in [0.2, 0.25) is 35.5 Å². The molecule has 5 aromatic heterocycles. The van der Waals surface area contributed by atoms with Crippen LogP contribution in [0.2, 0.25) is 0 Å². The van der Waals surface area contributed by atoms with E-state index in [0.29, 0.717) is 69.9 Å². The predicted molar refractivity (Wildman–Crippen MR) is 333 cm³/mol. The second-order valence-corrected chi connectivity index (χ2v) is 20.8. The van der Waals surface area contributed by atoms with Crippen LogP contribution in [0.1, 0.15) is 88.5 Å². The lowest BCUT2D eigenvalue weighted by Crippen LogP contribution is -2.57. The molecule has 7 rings (SSSR count). The van der Waals surface area contributed by atoms with Gasteiger partial charge in [0.25, 0.3) is 5.91 Å². The molecule has 92 heavy (non-hydrogen) atoms. The van der Waals surface area contributed by atoms with Gasteiger partial charge in [-0.15, -0.1) is 0 Å². The van der Waals surface area contributed by atoms with E-state index in [0.717, 1.165) is 5.69 Å². The fourth-order valence-electron chi connectivity index (χ4n) is 9.94. The molecular formula is C58H74N20O14. The second kappa shape index (κ2) is 31.3. The zero-order valence-corrected chi connectivity index (χ0v) is 51.4. The van der Waals surface area contributed by atoms with Crippen LogP contribution in [-0.2, 0) is 54.9 Å². The predicted octanol–water partition coefficient (Wildman–Crippen LogP) is 0.538. The number of carbonyl (C=O) groups excluding carboxylic acids is 7. The van der Waals surface area contributed by atoms with Crippen molar-refractivity contribution in [1.82, 2.24) is 70.2 Å². The molecule has 2 aromatic carbocycles. The molecule has 0 bridgehead atoms. The van der Waals surface area contributed by atoms with Crippen LogP contribution >= 0.6 is 0 Å². The van der Waals surface area contributed by atoms with E-state index in [9.17, 15) is 53.4 Å². The average Bonchev–Trinajstić information content (AvgIpc) is 1.59. The van der Waals surface area contributed by atoms with Gasteiger partial charge in [0, 0.05) is 67.4 Å². The Bertz CT molecular complexity index is 3990. The number of nitrogens with zero attached hydrogens (tertiary/aromatic N) is 10. The van der Waals surface area contributed by atoms with Gasteiger partial charge in [-0.05, 0) is 90.4 Å². The molecule has 7 aromatic rings. The highest BCUT2D eigenvalue weighted by Crippen LogP contribution is 2.37. The fraction of sp³-hybridized carbons (Fsp3) is 0.397. The number of carboxylic acids is 2. The third-order valence-electron chi connectivity index (χ3n) is 14.2. The number of carbonyl (C=O) groups is 9. The highest BCUT2D eigenvalue weighted by Gasteiger charge is 2.32. The van der Waals surface area contributed by atoms with Gasteiger partial charge in [0.15, 0.2) is 11.8 Å². The number of benzene rings is 2. The molecule has 7 amide bonds. The molecular weight excluding hydrogens is 1200 g/mol. The van der Waals surface area contributed by atoms with E-state index in [1.54, 1.807) is 45.3 Å². The summed E-state index contributed by atoms with van der Waals surface area (Å²) < 4.78 is 24.2. The number of allylic oxidation sites excluding steroid dienone is 2. The summed E-state index contributed by atoms with van der Waals surface area (Å²) in [6.07, 6.45) is 3.29. The summed E-state index contributed by atoms with van der Waals surface area (Å²) >= 11 is 0. The van der Waals surface area contributed by atoms with Crippen LogP contribution < -0.4 is 64.3 Å². The lowest BCUT2D eigenvalue weighted by Gasteiger charge is -2.23. The number of aliphatic imine (C=N–C) groups is 1. The summed E-state index contributed by atoms with van der Waals surface area (Å²) in [5, 5.41) is 44.3. The number of nitrogens with two attached hydrogens (primary N) is 4. The first-order valence-electron chi connectivity index (χ1n) is 29.1. The third-order valence-corrected chi connectivity index (χ3v) is 14.2. The Hall–Kier alpha value is -11.2. The number of aryl methyl sites for hydroxylation is 4. The topological polar surface area (TPSA) is 495 Å². The quantitative estimate of drug-likeness (QED) is 0.0113. The molecule has 0 aliphatic rings. The number of fused-ring (bicyclic) bond motifs is 4. The summed E-state index contributed by atoms with van der Waals surface area (Å²) in [4.78, 5) is 133. The number of guanidine groups is 1. The first kappa shape index (κ1) is 68.3. The SMILES string of the molecule is CCn1nc(C)cc1C(=O)Nc1nc2cc(C(N)=O)cc(OCCCNC(=O)OCCNC(=O)[C@H](CC(=O)O)NC(=O)[C@H](CC(=O)O)NC(=O)[C@H](CCCN=C(N)N)NC)c2n1C/C=C/Cn1c2nc(-c3cc(C)nn3CC)ncc2c2cc(C(N)=O)cc(OC)c21. The number of hydrogen-bond donors (Lipinski definition) is 12. The number of rotatable bonds is 34. The number of primary amides is 2. The number of aliphatic carboxylic acids is 2. The number of imidazole rings is 1. The number of alkyl carbamates (subject to hydrolysis) is 1.